The highest BCUT2D eigenvalue weighted by Crippen LogP contribution is 2.45. The fourth-order valence-electron chi connectivity index (χ4n) is 2.24. The molecule has 2 aromatic carbocycles. The largest absolute Gasteiger partial charge is 0.356 e. The predicted molar refractivity (Wildman–Crippen MR) is 95.5 cm³/mol. The molecule has 3 nitrogen and oxygen atoms in total. The molecule has 0 saturated carbocycles. The van der Waals surface area contributed by atoms with Crippen molar-refractivity contribution in [3.63, 3.8) is 0 Å². The summed E-state index contributed by atoms with van der Waals surface area (Å²) in [5.74, 6) is 0. The normalized spacial score (nSPS) is 13.0. The van der Waals surface area contributed by atoms with Gasteiger partial charge in [0, 0.05) is 5.39 Å². The van der Waals surface area contributed by atoms with Crippen molar-refractivity contribution in [1.29, 1.82) is 0 Å². The molecule has 110 valence electrons. The van der Waals surface area contributed by atoms with Gasteiger partial charge in [0.25, 0.3) is 0 Å². The number of aromatic nitrogens is 2. The Bertz CT molecular complexity index is 898. The number of benzene rings is 2. The molecule has 0 unspecified atom stereocenters. The van der Waals surface area contributed by atoms with Crippen LogP contribution in [0.15, 0.2) is 57.4 Å². The van der Waals surface area contributed by atoms with Gasteiger partial charge in [-0.05, 0) is 42.0 Å². The summed E-state index contributed by atoms with van der Waals surface area (Å²) in [6, 6.07) is 16.2. The molecule has 0 aliphatic rings. The summed E-state index contributed by atoms with van der Waals surface area (Å²) in [4.78, 5) is 4.65. The molecule has 0 aliphatic carbocycles. The van der Waals surface area contributed by atoms with Gasteiger partial charge in [0.05, 0.1) is 15.5 Å². The van der Waals surface area contributed by atoms with Gasteiger partial charge < -0.3 is 4.52 Å². The Morgan fingerprint density at radius 3 is 2.82 bits per heavy atom. The van der Waals surface area contributed by atoms with Gasteiger partial charge in [-0.2, -0.15) is 0 Å². The molecule has 6 heteroatoms. The van der Waals surface area contributed by atoms with Crippen LogP contribution in [0.5, 0.6) is 0 Å². The number of fused-ring (bicyclic) bond motifs is 2. The smallest absolute Gasteiger partial charge is 0.167 e. The second-order valence-electron chi connectivity index (χ2n) is 4.83. The number of para-hydroxylation sites is 2. The molecule has 2 aromatic heterocycles. The van der Waals surface area contributed by atoms with E-state index in [-0.39, 0.29) is 5.25 Å². The summed E-state index contributed by atoms with van der Waals surface area (Å²) in [6.45, 7) is 2.15. The van der Waals surface area contributed by atoms with Gasteiger partial charge in [0.1, 0.15) is 5.69 Å². The van der Waals surface area contributed by atoms with Crippen molar-refractivity contribution in [2.45, 2.75) is 16.5 Å². The quantitative estimate of drug-likeness (QED) is 0.428. The Kier molecular flexibility index (Phi) is 3.82. The first-order valence-corrected chi connectivity index (χ1v) is 9.87. The first-order chi connectivity index (χ1) is 10.8. The van der Waals surface area contributed by atoms with E-state index in [1.807, 2.05) is 30.3 Å². The zero-order chi connectivity index (χ0) is 14.9. The van der Waals surface area contributed by atoms with Crippen molar-refractivity contribution in [3.05, 3.63) is 54.2 Å². The highest BCUT2D eigenvalue weighted by atomic mass is 33.1. The van der Waals surface area contributed by atoms with Gasteiger partial charge in [0.15, 0.2) is 9.92 Å². The lowest BCUT2D eigenvalue weighted by atomic mass is 10.2. The topological polar surface area (TPSA) is 38.9 Å². The van der Waals surface area contributed by atoms with Gasteiger partial charge in [-0.15, -0.1) is 11.3 Å². The molecule has 0 spiro atoms. The summed E-state index contributed by atoms with van der Waals surface area (Å²) in [5.41, 5.74) is 2.90. The minimum absolute atomic E-state index is 0.237. The lowest BCUT2D eigenvalue weighted by Crippen LogP contribution is -1.86. The lowest BCUT2D eigenvalue weighted by molar-refractivity contribution is 0.446. The van der Waals surface area contributed by atoms with Crippen molar-refractivity contribution in [2.75, 3.05) is 0 Å². The van der Waals surface area contributed by atoms with Crippen molar-refractivity contribution in [1.82, 2.24) is 10.1 Å². The fraction of sp³-hybridized carbons (Fsp3) is 0.125. The molecule has 4 aromatic rings. The van der Waals surface area contributed by atoms with Crippen LogP contribution in [0, 0.1) is 0 Å². The van der Waals surface area contributed by atoms with Crippen LogP contribution in [0.1, 0.15) is 17.9 Å². The molecule has 4 rings (SSSR count). The number of hydrogen-bond donors (Lipinski definition) is 0. The average molecular weight is 344 g/mol. The number of rotatable bonds is 4. The van der Waals surface area contributed by atoms with E-state index >= 15 is 0 Å². The third-order valence-electron chi connectivity index (χ3n) is 3.33. The third-order valence-corrected chi connectivity index (χ3v) is 7.45. The van der Waals surface area contributed by atoms with Gasteiger partial charge in [-0.1, -0.05) is 40.2 Å². The number of nitrogens with zero attached hydrogens (tertiary/aromatic N) is 2. The van der Waals surface area contributed by atoms with E-state index in [9.17, 15) is 0 Å². The molecule has 0 amide bonds. The van der Waals surface area contributed by atoms with Crippen molar-refractivity contribution < 1.29 is 4.52 Å². The second kappa shape index (κ2) is 5.95. The first-order valence-electron chi connectivity index (χ1n) is 6.84. The van der Waals surface area contributed by atoms with Gasteiger partial charge in [0.2, 0.25) is 0 Å². The summed E-state index contributed by atoms with van der Waals surface area (Å²) >= 11 is 1.73. The van der Waals surface area contributed by atoms with Gasteiger partial charge >= 0.3 is 0 Å². The van der Waals surface area contributed by atoms with Crippen LogP contribution in [0.2, 0.25) is 0 Å². The predicted octanol–water partition coefficient (Wildman–Crippen LogP) is 5.94. The van der Waals surface area contributed by atoms with Crippen LogP contribution >= 0.6 is 32.9 Å². The Morgan fingerprint density at radius 1 is 1.09 bits per heavy atom. The first kappa shape index (κ1) is 14.1. The molecule has 22 heavy (non-hydrogen) atoms. The maximum atomic E-state index is 5.38. The van der Waals surface area contributed by atoms with E-state index in [4.69, 9.17) is 4.52 Å². The van der Waals surface area contributed by atoms with Crippen molar-refractivity contribution >= 4 is 54.1 Å². The van der Waals surface area contributed by atoms with E-state index < -0.39 is 0 Å². The Balaban J connectivity index is 1.53. The van der Waals surface area contributed by atoms with Crippen molar-refractivity contribution in [2.24, 2.45) is 0 Å². The zero-order valence-electron chi connectivity index (χ0n) is 11.7. The highest BCUT2D eigenvalue weighted by Gasteiger charge is 2.16. The molecule has 0 N–H and O–H groups in total. The van der Waals surface area contributed by atoms with E-state index in [0.29, 0.717) is 0 Å². The standard InChI is InChI=1S/C16H12N2OS3/c1-10(15-11-6-2-4-8-13(11)19-18-15)21-22-16-17-12-7-3-5-9-14(12)20-16/h2-10H,1H3/t10-/m1/s1. The lowest BCUT2D eigenvalue weighted by Gasteiger charge is -2.05. The van der Waals surface area contributed by atoms with Gasteiger partial charge in [-0.3, -0.25) is 0 Å². The second-order valence-corrected chi connectivity index (χ2v) is 8.65. The summed E-state index contributed by atoms with van der Waals surface area (Å²) in [6.07, 6.45) is 0. The third kappa shape index (κ3) is 2.62. The van der Waals surface area contributed by atoms with Crippen LogP contribution in [-0.2, 0) is 0 Å². The zero-order valence-corrected chi connectivity index (χ0v) is 14.2. The van der Waals surface area contributed by atoms with E-state index in [1.54, 1.807) is 32.9 Å². The molecule has 2 heterocycles. The minimum atomic E-state index is 0.237. The Labute approximate surface area is 139 Å². The molecular weight excluding hydrogens is 332 g/mol. The van der Waals surface area contributed by atoms with Crippen LogP contribution in [0.3, 0.4) is 0 Å². The molecular formula is C16H12N2OS3. The van der Waals surface area contributed by atoms with Crippen LogP contribution < -0.4 is 0 Å². The fourth-order valence-corrected chi connectivity index (χ4v) is 5.69. The summed E-state index contributed by atoms with van der Waals surface area (Å²) in [5, 5.41) is 5.55. The highest BCUT2D eigenvalue weighted by molar-refractivity contribution is 8.77. The number of hydrogen-bond acceptors (Lipinski definition) is 6. The molecule has 0 fully saturated rings. The SMILES string of the molecule is C[C@@H](SSc1nc2ccccc2s1)c1noc2ccccc12. The summed E-state index contributed by atoms with van der Waals surface area (Å²) < 4.78 is 7.69. The summed E-state index contributed by atoms with van der Waals surface area (Å²) in [7, 11) is 3.46. The minimum Gasteiger partial charge on any atom is -0.356 e. The van der Waals surface area contributed by atoms with Crippen LogP contribution in [-0.4, -0.2) is 10.1 Å². The van der Waals surface area contributed by atoms with Crippen LogP contribution in [0.4, 0.5) is 0 Å². The maximum absolute atomic E-state index is 5.38. The maximum Gasteiger partial charge on any atom is 0.167 e. The van der Waals surface area contributed by atoms with E-state index in [0.717, 1.165) is 26.5 Å². The van der Waals surface area contributed by atoms with Crippen LogP contribution in [0.25, 0.3) is 21.2 Å². The Hall–Kier alpha value is -1.50. The molecule has 1 atom stereocenters. The molecule has 0 bridgehead atoms. The molecule has 0 saturated heterocycles. The molecule has 0 radical (unpaired) electrons. The number of thiazole rings is 1. The van der Waals surface area contributed by atoms with E-state index in [1.165, 1.54) is 4.70 Å². The monoisotopic (exact) mass is 344 g/mol. The van der Waals surface area contributed by atoms with E-state index in [2.05, 4.69) is 35.3 Å². The van der Waals surface area contributed by atoms with Crippen molar-refractivity contribution in [3.8, 4) is 0 Å². The molecule has 0 aliphatic heterocycles. The Morgan fingerprint density at radius 2 is 1.91 bits per heavy atom. The van der Waals surface area contributed by atoms with Gasteiger partial charge in [-0.25, -0.2) is 4.98 Å². The average Bonchev–Trinajstić information content (AvgIpc) is 3.16.